The first-order chi connectivity index (χ1) is 7.59. The summed E-state index contributed by atoms with van der Waals surface area (Å²) in [6.07, 6.45) is 1.66. The van der Waals surface area contributed by atoms with E-state index in [-0.39, 0.29) is 5.56 Å². The fraction of sp³-hybridized carbons (Fsp3) is 0.154. The van der Waals surface area contributed by atoms with Gasteiger partial charge in [-0.15, -0.1) is 0 Å². The topological polar surface area (TPSA) is 12.9 Å². The molecule has 1 aromatic carbocycles. The van der Waals surface area contributed by atoms with Crippen LogP contribution in [0.15, 0.2) is 30.5 Å². The smallest absolute Gasteiger partial charge is 0.168 e. The van der Waals surface area contributed by atoms with Crippen LogP contribution in [0, 0.1) is 25.5 Å². The number of rotatable bonds is 1. The third-order valence-electron chi connectivity index (χ3n) is 2.60. The molecule has 1 nitrogen and oxygen atoms in total. The fourth-order valence-electron chi connectivity index (χ4n) is 1.47. The van der Waals surface area contributed by atoms with E-state index >= 15 is 0 Å². The average Bonchev–Trinajstić information content (AvgIpc) is 2.26. The summed E-state index contributed by atoms with van der Waals surface area (Å²) in [4.78, 5) is 4.10. The summed E-state index contributed by atoms with van der Waals surface area (Å²) in [5.74, 6) is -1.70. The van der Waals surface area contributed by atoms with E-state index in [0.717, 1.165) is 17.2 Å². The van der Waals surface area contributed by atoms with Crippen LogP contribution < -0.4 is 0 Å². The number of aryl methyl sites for hydroxylation is 2. The Morgan fingerprint density at radius 3 is 2.50 bits per heavy atom. The van der Waals surface area contributed by atoms with E-state index in [0.29, 0.717) is 5.69 Å². The van der Waals surface area contributed by atoms with Crippen molar-refractivity contribution in [2.24, 2.45) is 0 Å². The van der Waals surface area contributed by atoms with Gasteiger partial charge in [0, 0.05) is 11.8 Å². The summed E-state index contributed by atoms with van der Waals surface area (Å²) in [6, 6.07) is 5.85. The molecule has 0 spiro atoms. The van der Waals surface area contributed by atoms with Crippen molar-refractivity contribution in [3.63, 3.8) is 0 Å². The Bertz CT molecular complexity index is 535. The van der Waals surface area contributed by atoms with E-state index in [2.05, 4.69) is 4.98 Å². The fourth-order valence-corrected chi connectivity index (χ4v) is 1.47. The molecule has 0 aliphatic carbocycles. The van der Waals surface area contributed by atoms with Crippen molar-refractivity contribution in [3.8, 4) is 11.3 Å². The zero-order valence-corrected chi connectivity index (χ0v) is 9.09. The van der Waals surface area contributed by atoms with Crippen molar-refractivity contribution in [2.45, 2.75) is 13.8 Å². The lowest BCUT2D eigenvalue weighted by Crippen LogP contribution is -1.93. The van der Waals surface area contributed by atoms with Crippen LogP contribution in [0.5, 0.6) is 0 Å². The second-order valence-electron chi connectivity index (χ2n) is 3.76. The van der Waals surface area contributed by atoms with Crippen molar-refractivity contribution in [3.05, 3.63) is 53.2 Å². The van der Waals surface area contributed by atoms with Gasteiger partial charge in [0.1, 0.15) is 0 Å². The molecule has 1 heterocycles. The van der Waals surface area contributed by atoms with E-state index in [9.17, 15) is 8.78 Å². The Balaban J connectivity index is 2.59. The molecule has 0 unspecified atom stereocenters. The number of hydrogen-bond acceptors (Lipinski definition) is 1. The highest BCUT2D eigenvalue weighted by atomic mass is 19.2. The lowest BCUT2D eigenvalue weighted by Gasteiger charge is -2.05. The standard InChI is InChI=1S/C13H11F2N/c1-8-6-12(16-7-9(8)2)10-4-3-5-11(14)13(10)15/h3-7H,1-2H3. The molecule has 82 valence electrons. The largest absolute Gasteiger partial charge is 0.256 e. The van der Waals surface area contributed by atoms with Crippen molar-refractivity contribution in [2.75, 3.05) is 0 Å². The van der Waals surface area contributed by atoms with Crippen LogP contribution >= 0.6 is 0 Å². The Morgan fingerprint density at radius 1 is 1.06 bits per heavy atom. The summed E-state index contributed by atoms with van der Waals surface area (Å²) in [6.45, 7) is 3.84. The highest BCUT2D eigenvalue weighted by Gasteiger charge is 2.10. The second-order valence-corrected chi connectivity index (χ2v) is 3.76. The van der Waals surface area contributed by atoms with Crippen molar-refractivity contribution < 1.29 is 8.78 Å². The van der Waals surface area contributed by atoms with Crippen LogP contribution in [-0.4, -0.2) is 4.98 Å². The Labute approximate surface area is 92.8 Å². The summed E-state index contributed by atoms with van der Waals surface area (Å²) in [5.41, 5.74) is 2.69. The zero-order valence-electron chi connectivity index (χ0n) is 9.09. The monoisotopic (exact) mass is 219 g/mol. The third kappa shape index (κ3) is 1.81. The molecule has 2 aromatic rings. The first kappa shape index (κ1) is 10.7. The van der Waals surface area contributed by atoms with Crippen LogP contribution in [0.25, 0.3) is 11.3 Å². The molecule has 0 amide bonds. The number of pyridine rings is 1. The van der Waals surface area contributed by atoms with Gasteiger partial charge in [-0.3, -0.25) is 4.98 Å². The molecule has 0 bridgehead atoms. The Morgan fingerprint density at radius 2 is 1.81 bits per heavy atom. The number of benzene rings is 1. The van der Waals surface area contributed by atoms with Gasteiger partial charge in [-0.1, -0.05) is 6.07 Å². The van der Waals surface area contributed by atoms with Crippen molar-refractivity contribution >= 4 is 0 Å². The molecule has 0 fully saturated rings. The number of nitrogens with zero attached hydrogens (tertiary/aromatic N) is 1. The summed E-state index contributed by atoms with van der Waals surface area (Å²) in [7, 11) is 0. The number of aromatic nitrogens is 1. The molecule has 0 radical (unpaired) electrons. The van der Waals surface area contributed by atoms with Gasteiger partial charge in [0.2, 0.25) is 0 Å². The normalized spacial score (nSPS) is 10.5. The molecule has 0 atom stereocenters. The molecule has 3 heteroatoms. The molecule has 0 saturated carbocycles. The summed E-state index contributed by atoms with van der Waals surface area (Å²) < 4.78 is 26.5. The second kappa shape index (κ2) is 4.00. The molecule has 0 aliphatic heterocycles. The minimum atomic E-state index is -0.850. The highest BCUT2D eigenvalue weighted by molar-refractivity contribution is 5.61. The van der Waals surface area contributed by atoms with E-state index in [1.54, 1.807) is 12.3 Å². The maximum absolute atomic E-state index is 13.5. The minimum Gasteiger partial charge on any atom is -0.256 e. The molecule has 0 aliphatic rings. The summed E-state index contributed by atoms with van der Waals surface area (Å²) >= 11 is 0. The number of hydrogen-bond donors (Lipinski definition) is 0. The van der Waals surface area contributed by atoms with Crippen LogP contribution in [-0.2, 0) is 0 Å². The molecule has 0 saturated heterocycles. The Kier molecular flexibility index (Phi) is 2.69. The van der Waals surface area contributed by atoms with Crippen LogP contribution in [0.4, 0.5) is 8.78 Å². The minimum absolute atomic E-state index is 0.197. The van der Waals surface area contributed by atoms with Gasteiger partial charge in [-0.25, -0.2) is 8.78 Å². The third-order valence-corrected chi connectivity index (χ3v) is 2.60. The zero-order chi connectivity index (χ0) is 11.7. The van der Waals surface area contributed by atoms with Crippen LogP contribution in [0.1, 0.15) is 11.1 Å². The maximum atomic E-state index is 13.5. The van der Waals surface area contributed by atoms with Crippen LogP contribution in [0.2, 0.25) is 0 Å². The van der Waals surface area contributed by atoms with Crippen molar-refractivity contribution in [1.29, 1.82) is 0 Å². The van der Waals surface area contributed by atoms with Crippen LogP contribution in [0.3, 0.4) is 0 Å². The van der Waals surface area contributed by atoms with Gasteiger partial charge in [-0.05, 0) is 43.2 Å². The van der Waals surface area contributed by atoms with E-state index < -0.39 is 11.6 Å². The quantitative estimate of drug-likeness (QED) is 0.713. The predicted molar refractivity (Wildman–Crippen MR) is 59.1 cm³/mol. The highest BCUT2D eigenvalue weighted by Crippen LogP contribution is 2.23. The SMILES string of the molecule is Cc1cnc(-c2cccc(F)c2F)cc1C. The average molecular weight is 219 g/mol. The lowest BCUT2D eigenvalue weighted by molar-refractivity contribution is 0.511. The molecule has 16 heavy (non-hydrogen) atoms. The predicted octanol–water partition coefficient (Wildman–Crippen LogP) is 3.64. The Hall–Kier alpha value is -1.77. The van der Waals surface area contributed by atoms with Gasteiger partial charge >= 0.3 is 0 Å². The lowest BCUT2D eigenvalue weighted by atomic mass is 10.1. The molecular weight excluding hydrogens is 208 g/mol. The van der Waals surface area contributed by atoms with E-state index in [1.165, 1.54) is 12.1 Å². The van der Waals surface area contributed by atoms with E-state index in [4.69, 9.17) is 0 Å². The number of halogens is 2. The molecule has 2 rings (SSSR count). The van der Waals surface area contributed by atoms with Gasteiger partial charge < -0.3 is 0 Å². The molecular formula is C13H11F2N. The van der Waals surface area contributed by atoms with Gasteiger partial charge in [0.05, 0.1) is 5.69 Å². The maximum Gasteiger partial charge on any atom is 0.168 e. The summed E-state index contributed by atoms with van der Waals surface area (Å²) in [5, 5.41) is 0. The molecule has 0 N–H and O–H groups in total. The van der Waals surface area contributed by atoms with Gasteiger partial charge in [0.25, 0.3) is 0 Å². The van der Waals surface area contributed by atoms with Gasteiger partial charge in [0.15, 0.2) is 11.6 Å². The first-order valence-corrected chi connectivity index (χ1v) is 4.97. The van der Waals surface area contributed by atoms with E-state index in [1.807, 2.05) is 13.8 Å². The first-order valence-electron chi connectivity index (χ1n) is 4.97. The van der Waals surface area contributed by atoms with Gasteiger partial charge in [-0.2, -0.15) is 0 Å². The van der Waals surface area contributed by atoms with Crippen molar-refractivity contribution in [1.82, 2.24) is 4.98 Å². The molecule has 1 aromatic heterocycles.